The van der Waals surface area contributed by atoms with Gasteiger partial charge in [-0.25, -0.2) is 0 Å². The molecule has 138 valence electrons. The monoisotopic (exact) mass is 334 g/mol. The molecule has 1 rings (SSSR count). The van der Waals surface area contributed by atoms with Crippen molar-refractivity contribution in [1.82, 2.24) is 0 Å². The summed E-state index contributed by atoms with van der Waals surface area (Å²) in [6, 6.07) is 0. The molecule has 0 aromatic rings. The molecular formula is C17H34O6. The minimum Gasteiger partial charge on any atom is -0.396 e. The lowest BCUT2D eigenvalue weighted by molar-refractivity contribution is -0.176. The van der Waals surface area contributed by atoms with Gasteiger partial charge in [-0.1, -0.05) is 51.9 Å². The van der Waals surface area contributed by atoms with E-state index >= 15 is 0 Å². The molecule has 23 heavy (non-hydrogen) atoms. The van der Waals surface area contributed by atoms with Crippen LogP contribution in [0.15, 0.2) is 0 Å². The predicted octanol–water partition coefficient (Wildman–Crippen LogP) is 0.783. The maximum absolute atomic E-state index is 9.99. The second-order valence-corrected chi connectivity index (χ2v) is 6.63. The third-order valence-corrected chi connectivity index (χ3v) is 4.84. The molecule has 0 heterocycles. The SMILES string of the molecule is CCCCCCCCCCOC(O)C1C(O)C(O)C(CO)C1O. The smallest absolute Gasteiger partial charge is 0.162 e. The van der Waals surface area contributed by atoms with Crippen LogP contribution in [0.1, 0.15) is 58.3 Å². The highest BCUT2D eigenvalue weighted by molar-refractivity contribution is 4.98. The summed E-state index contributed by atoms with van der Waals surface area (Å²) < 4.78 is 5.30. The third-order valence-electron chi connectivity index (χ3n) is 4.84. The number of aliphatic hydroxyl groups is 5. The van der Waals surface area contributed by atoms with Crippen molar-refractivity contribution in [1.29, 1.82) is 0 Å². The summed E-state index contributed by atoms with van der Waals surface area (Å²) >= 11 is 0. The fourth-order valence-electron chi connectivity index (χ4n) is 3.27. The second-order valence-electron chi connectivity index (χ2n) is 6.63. The molecule has 0 aromatic heterocycles. The molecule has 6 unspecified atom stereocenters. The van der Waals surface area contributed by atoms with Gasteiger partial charge in [0.15, 0.2) is 6.29 Å². The molecule has 1 fully saturated rings. The summed E-state index contributed by atoms with van der Waals surface area (Å²) in [6.07, 6.45) is 4.22. The lowest BCUT2D eigenvalue weighted by Gasteiger charge is -2.25. The summed E-state index contributed by atoms with van der Waals surface area (Å²) in [5.41, 5.74) is 0. The van der Waals surface area contributed by atoms with E-state index in [-0.39, 0.29) is 0 Å². The van der Waals surface area contributed by atoms with Crippen LogP contribution < -0.4 is 0 Å². The Hall–Kier alpha value is -0.240. The van der Waals surface area contributed by atoms with Crippen molar-refractivity contribution in [3.63, 3.8) is 0 Å². The van der Waals surface area contributed by atoms with Crippen molar-refractivity contribution in [2.45, 2.75) is 82.9 Å². The highest BCUT2D eigenvalue weighted by Gasteiger charge is 2.51. The number of aliphatic hydroxyl groups excluding tert-OH is 5. The molecule has 0 aromatic carbocycles. The number of hydrogen-bond donors (Lipinski definition) is 5. The van der Waals surface area contributed by atoms with Crippen molar-refractivity contribution < 1.29 is 30.3 Å². The first-order valence-corrected chi connectivity index (χ1v) is 8.99. The Morgan fingerprint density at radius 1 is 0.826 bits per heavy atom. The van der Waals surface area contributed by atoms with Gasteiger partial charge in [0.2, 0.25) is 0 Å². The molecule has 0 radical (unpaired) electrons. The summed E-state index contributed by atoms with van der Waals surface area (Å²) in [5.74, 6) is -1.84. The average Bonchev–Trinajstić information content (AvgIpc) is 2.75. The maximum Gasteiger partial charge on any atom is 0.162 e. The normalized spacial score (nSPS) is 32.3. The summed E-state index contributed by atoms with van der Waals surface area (Å²) in [4.78, 5) is 0. The van der Waals surface area contributed by atoms with Crippen molar-refractivity contribution >= 4 is 0 Å². The van der Waals surface area contributed by atoms with E-state index in [1.807, 2.05) is 0 Å². The van der Waals surface area contributed by atoms with Gasteiger partial charge in [-0.3, -0.25) is 0 Å². The first-order chi connectivity index (χ1) is 11.0. The van der Waals surface area contributed by atoms with E-state index in [0.717, 1.165) is 19.3 Å². The van der Waals surface area contributed by atoms with Gasteiger partial charge in [-0.15, -0.1) is 0 Å². The van der Waals surface area contributed by atoms with Gasteiger partial charge < -0.3 is 30.3 Å². The number of unbranched alkanes of at least 4 members (excludes halogenated alkanes) is 7. The second kappa shape index (κ2) is 11.3. The van der Waals surface area contributed by atoms with E-state index in [4.69, 9.17) is 9.84 Å². The van der Waals surface area contributed by atoms with Crippen molar-refractivity contribution in [2.24, 2.45) is 11.8 Å². The van der Waals surface area contributed by atoms with Crippen LogP contribution in [0.25, 0.3) is 0 Å². The molecule has 0 bridgehead atoms. The molecule has 0 amide bonds. The van der Waals surface area contributed by atoms with Crippen LogP contribution in [0, 0.1) is 11.8 Å². The molecule has 5 N–H and O–H groups in total. The standard InChI is InChI=1S/C17H34O6/c1-2-3-4-5-6-7-8-9-10-23-17(22)13-14(19)12(11-18)15(20)16(13)21/h12-22H,2-11H2,1H3. The van der Waals surface area contributed by atoms with E-state index in [0.29, 0.717) is 6.61 Å². The molecule has 6 nitrogen and oxygen atoms in total. The molecule has 0 aliphatic heterocycles. The fraction of sp³-hybridized carbons (Fsp3) is 1.00. The summed E-state index contributed by atoms with van der Waals surface area (Å²) in [5, 5.41) is 48.7. The Kier molecular flexibility index (Phi) is 10.3. The number of ether oxygens (including phenoxy) is 1. The molecular weight excluding hydrogens is 300 g/mol. The van der Waals surface area contributed by atoms with Crippen LogP contribution >= 0.6 is 0 Å². The van der Waals surface area contributed by atoms with Gasteiger partial charge in [0.1, 0.15) is 0 Å². The Morgan fingerprint density at radius 2 is 1.39 bits per heavy atom. The van der Waals surface area contributed by atoms with Gasteiger partial charge in [0.25, 0.3) is 0 Å². The molecule has 6 heteroatoms. The molecule has 1 aliphatic carbocycles. The minimum atomic E-state index is -1.34. The van der Waals surface area contributed by atoms with Crippen LogP contribution in [-0.2, 0) is 4.74 Å². The molecule has 1 saturated carbocycles. The van der Waals surface area contributed by atoms with Crippen molar-refractivity contribution in [3.8, 4) is 0 Å². The van der Waals surface area contributed by atoms with Gasteiger partial charge in [0.05, 0.1) is 30.8 Å². The van der Waals surface area contributed by atoms with Crippen molar-refractivity contribution in [2.75, 3.05) is 13.2 Å². The summed E-state index contributed by atoms with van der Waals surface area (Å²) in [6.45, 7) is 2.11. The highest BCUT2D eigenvalue weighted by Crippen LogP contribution is 2.34. The topological polar surface area (TPSA) is 110 Å². The Morgan fingerprint density at radius 3 is 1.91 bits per heavy atom. The average molecular weight is 334 g/mol. The van der Waals surface area contributed by atoms with Crippen molar-refractivity contribution in [3.05, 3.63) is 0 Å². The van der Waals surface area contributed by atoms with E-state index in [9.17, 15) is 20.4 Å². The Bertz CT molecular complexity index is 301. The van der Waals surface area contributed by atoms with Crippen LogP contribution in [-0.4, -0.2) is 63.3 Å². The van der Waals surface area contributed by atoms with E-state index in [2.05, 4.69) is 6.92 Å². The summed E-state index contributed by atoms with van der Waals surface area (Å²) in [7, 11) is 0. The first-order valence-electron chi connectivity index (χ1n) is 8.99. The lowest BCUT2D eigenvalue weighted by atomic mass is 10.00. The van der Waals surface area contributed by atoms with E-state index in [1.54, 1.807) is 0 Å². The number of hydrogen-bond acceptors (Lipinski definition) is 6. The lowest BCUT2D eigenvalue weighted by Crippen LogP contribution is -2.38. The van der Waals surface area contributed by atoms with Gasteiger partial charge in [0, 0.05) is 12.5 Å². The van der Waals surface area contributed by atoms with Gasteiger partial charge in [-0.05, 0) is 6.42 Å². The molecule has 1 aliphatic rings. The third kappa shape index (κ3) is 6.29. The van der Waals surface area contributed by atoms with Crippen LogP contribution in [0.4, 0.5) is 0 Å². The zero-order chi connectivity index (χ0) is 17.2. The Labute approximate surface area is 139 Å². The first kappa shape index (κ1) is 20.8. The van der Waals surface area contributed by atoms with Gasteiger partial charge in [-0.2, -0.15) is 0 Å². The zero-order valence-corrected chi connectivity index (χ0v) is 14.2. The fourth-order valence-corrected chi connectivity index (χ4v) is 3.27. The zero-order valence-electron chi connectivity index (χ0n) is 14.2. The largest absolute Gasteiger partial charge is 0.396 e. The van der Waals surface area contributed by atoms with E-state index < -0.39 is 43.0 Å². The van der Waals surface area contributed by atoms with Crippen LogP contribution in [0.2, 0.25) is 0 Å². The number of rotatable bonds is 12. The van der Waals surface area contributed by atoms with E-state index in [1.165, 1.54) is 32.1 Å². The Balaban J connectivity index is 2.15. The maximum atomic E-state index is 9.99. The molecule has 0 saturated heterocycles. The highest BCUT2D eigenvalue weighted by atomic mass is 16.6. The minimum absolute atomic E-state index is 0.353. The van der Waals surface area contributed by atoms with Gasteiger partial charge >= 0.3 is 0 Å². The predicted molar refractivity (Wildman–Crippen MR) is 86.7 cm³/mol. The van der Waals surface area contributed by atoms with Crippen LogP contribution in [0.3, 0.4) is 0 Å². The quantitative estimate of drug-likeness (QED) is 0.266. The van der Waals surface area contributed by atoms with Crippen LogP contribution in [0.5, 0.6) is 0 Å². The molecule has 0 spiro atoms. The molecule has 6 atom stereocenters.